The molecular formula is C13H13ClN2O3S. The molecular weight excluding hydrogens is 300 g/mol. The van der Waals surface area contributed by atoms with Crippen LogP contribution in [-0.2, 0) is 16.6 Å². The summed E-state index contributed by atoms with van der Waals surface area (Å²) in [6, 6.07) is 9.34. The third kappa shape index (κ3) is 3.27. The van der Waals surface area contributed by atoms with Gasteiger partial charge in [-0.2, -0.15) is 0 Å². The summed E-state index contributed by atoms with van der Waals surface area (Å²) in [5, 5.41) is 9.16. The number of sulfonamides is 1. The molecule has 0 saturated heterocycles. The van der Waals surface area contributed by atoms with Gasteiger partial charge in [-0.25, -0.2) is 13.4 Å². The Morgan fingerprint density at radius 1 is 1.30 bits per heavy atom. The second kappa shape index (κ2) is 5.78. The maximum absolute atomic E-state index is 12.3. The molecule has 0 atom stereocenters. The van der Waals surface area contributed by atoms with Gasteiger partial charge in [-0.1, -0.05) is 23.7 Å². The first-order valence-corrected chi connectivity index (χ1v) is 7.64. The van der Waals surface area contributed by atoms with Gasteiger partial charge < -0.3 is 5.11 Å². The smallest absolute Gasteiger partial charge is 0.264 e. The van der Waals surface area contributed by atoms with Crippen molar-refractivity contribution in [3.8, 4) is 0 Å². The van der Waals surface area contributed by atoms with Crippen LogP contribution in [0.4, 0.5) is 5.82 Å². The SMILES string of the molecule is Cc1cccc(NS(=O)(=O)c2cc(CO)ccc2Cl)n1. The van der Waals surface area contributed by atoms with Gasteiger partial charge in [-0.05, 0) is 36.8 Å². The van der Waals surface area contributed by atoms with E-state index in [1.165, 1.54) is 12.1 Å². The normalized spacial score (nSPS) is 11.3. The first kappa shape index (κ1) is 14.8. The molecule has 1 aromatic carbocycles. The lowest BCUT2D eigenvalue weighted by Gasteiger charge is -2.10. The molecule has 2 N–H and O–H groups in total. The van der Waals surface area contributed by atoms with E-state index in [4.69, 9.17) is 16.7 Å². The van der Waals surface area contributed by atoms with Crippen LogP contribution in [-0.4, -0.2) is 18.5 Å². The molecule has 1 aromatic heterocycles. The summed E-state index contributed by atoms with van der Waals surface area (Å²) >= 11 is 5.91. The van der Waals surface area contributed by atoms with Crippen LogP contribution in [0.2, 0.25) is 5.02 Å². The molecule has 0 aliphatic rings. The van der Waals surface area contributed by atoms with Crippen molar-refractivity contribution in [3.05, 3.63) is 52.7 Å². The van der Waals surface area contributed by atoms with Crippen molar-refractivity contribution in [1.29, 1.82) is 0 Å². The zero-order valence-corrected chi connectivity index (χ0v) is 12.2. The molecule has 2 rings (SSSR count). The number of aliphatic hydroxyl groups excluding tert-OH is 1. The maximum atomic E-state index is 12.3. The minimum Gasteiger partial charge on any atom is -0.392 e. The number of rotatable bonds is 4. The zero-order valence-electron chi connectivity index (χ0n) is 10.7. The fourth-order valence-corrected chi connectivity index (χ4v) is 3.20. The molecule has 0 amide bonds. The van der Waals surface area contributed by atoms with Gasteiger partial charge in [-0.3, -0.25) is 4.72 Å². The van der Waals surface area contributed by atoms with Crippen molar-refractivity contribution < 1.29 is 13.5 Å². The van der Waals surface area contributed by atoms with Crippen molar-refractivity contribution in [2.75, 3.05) is 4.72 Å². The Labute approximate surface area is 122 Å². The molecule has 2 aromatic rings. The highest BCUT2D eigenvalue weighted by molar-refractivity contribution is 7.92. The highest BCUT2D eigenvalue weighted by Crippen LogP contribution is 2.24. The Morgan fingerprint density at radius 3 is 2.70 bits per heavy atom. The first-order chi connectivity index (χ1) is 9.42. The predicted molar refractivity (Wildman–Crippen MR) is 77.2 cm³/mol. The summed E-state index contributed by atoms with van der Waals surface area (Å²) in [5.74, 6) is 0.218. The quantitative estimate of drug-likeness (QED) is 0.908. The Bertz CT molecular complexity index is 732. The molecule has 106 valence electrons. The lowest BCUT2D eigenvalue weighted by molar-refractivity contribution is 0.281. The van der Waals surface area contributed by atoms with Crippen molar-refractivity contribution in [3.63, 3.8) is 0 Å². The minimum atomic E-state index is -3.85. The number of hydrogen-bond acceptors (Lipinski definition) is 4. The van der Waals surface area contributed by atoms with E-state index in [0.29, 0.717) is 11.3 Å². The Hall–Kier alpha value is -1.63. The summed E-state index contributed by atoms with van der Waals surface area (Å²) in [7, 11) is -3.85. The van der Waals surface area contributed by atoms with E-state index in [9.17, 15) is 8.42 Å². The number of aryl methyl sites for hydroxylation is 1. The van der Waals surface area contributed by atoms with Crippen LogP contribution in [0.1, 0.15) is 11.3 Å². The summed E-state index contributed by atoms with van der Waals surface area (Å²) in [6.45, 7) is 1.50. The highest BCUT2D eigenvalue weighted by atomic mass is 35.5. The number of nitrogens with zero attached hydrogens (tertiary/aromatic N) is 1. The molecule has 0 fully saturated rings. The fraction of sp³-hybridized carbons (Fsp3) is 0.154. The lowest BCUT2D eigenvalue weighted by Crippen LogP contribution is -2.15. The van der Waals surface area contributed by atoms with Gasteiger partial charge in [0.05, 0.1) is 11.6 Å². The van der Waals surface area contributed by atoms with E-state index >= 15 is 0 Å². The number of nitrogens with one attached hydrogen (secondary N) is 1. The third-order valence-corrected chi connectivity index (χ3v) is 4.43. The number of hydrogen-bond donors (Lipinski definition) is 2. The molecule has 0 spiro atoms. The average Bonchev–Trinajstić information content (AvgIpc) is 2.38. The number of aliphatic hydroxyl groups is 1. The van der Waals surface area contributed by atoms with Gasteiger partial charge in [0, 0.05) is 5.69 Å². The van der Waals surface area contributed by atoms with Gasteiger partial charge in [0.25, 0.3) is 10.0 Å². The molecule has 0 bridgehead atoms. The average molecular weight is 313 g/mol. The monoisotopic (exact) mass is 312 g/mol. The number of benzene rings is 1. The molecule has 7 heteroatoms. The second-order valence-electron chi connectivity index (χ2n) is 4.19. The van der Waals surface area contributed by atoms with E-state index in [1.54, 1.807) is 31.2 Å². The van der Waals surface area contributed by atoms with E-state index in [-0.39, 0.29) is 22.3 Å². The summed E-state index contributed by atoms with van der Waals surface area (Å²) in [6.07, 6.45) is 0. The molecule has 0 aliphatic heterocycles. The van der Waals surface area contributed by atoms with Crippen LogP contribution in [0.3, 0.4) is 0 Å². The van der Waals surface area contributed by atoms with Crippen LogP contribution in [0.5, 0.6) is 0 Å². The van der Waals surface area contributed by atoms with E-state index in [2.05, 4.69) is 9.71 Å². The molecule has 0 radical (unpaired) electrons. The van der Waals surface area contributed by atoms with Crippen LogP contribution < -0.4 is 4.72 Å². The fourth-order valence-electron chi connectivity index (χ4n) is 1.64. The zero-order chi connectivity index (χ0) is 14.8. The molecule has 0 aliphatic carbocycles. The lowest BCUT2D eigenvalue weighted by atomic mass is 10.2. The van der Waals surface area contributed by atoms with Crippen LogP contribution >= 0.6 is 11.6 Å². The second-order valence-corrected chi connectivity index (χ2v) is 6.25. The summed E-state index contributed by atoms with van der Waals surface area (Å²) in [5.41, 5.74) is 1.16. The van der Waals surface area contributed by atoms with Crippen molar-refractivity contribution in [2.24, 2.45) is 0 Å². The highest BCUT2D eigenvalue weighted by Gasteiger charge is 2.19. The molecule has 20 heavy (non-hydrogen) atoms. The van der Waals surface area contributed by atoms with Gasteiger partial charge in [-0.15, -0.1) is 0 Å². The first-order valence-electron chi connectivity index (χ1n) is 5.78. The van der Waals surface area contributed by atoms with Crippen LogP contribution in [0, 0.1) is 6.92 Å². The topological polar surface area (TPSA) is 79.3 Å². The number of anilines is 1. The summed E-state index contributed by atoms with van der Waals surface area (Å²) < 4.78 is 26.9. The van der Waals surface area contributed by atoms with Crippen LogP contribution in [0.15, 0.2) is 41.3 Å². The number of halogens is 1. The van der Waals surface area contributed by atoms with E-state index in [0.717, 1.165) is 0 Å². The van der Waals surface area contributed by atoms with Crippen LogP contribution in [0.25, 0.3) is 0 Å². The largest absolute Gasteiger partial charge is 0.392 e. The molecule has 0 saturated carbocycles. The standard InChI is InChI=1S/C13H13ClN2O3S/c1-9-3-2-4-13(15-9)16-20(18,19)12-7-10(8-17)5-6-11(12)14/h2-7,17H,8H2,1H3,(H,15,16). The molecule has 1 heterocycles. The van der Waals surface area contributed by atoms with Crippen molar-refractivity contribution in [2.45, 2.75) is 18.4 Å². The van der Waals surface area contributed by atoms with Crippen molar-refractivity contribution in [1.82, 2.24) is 4.98 Å². The predicted octanol–water partition coefficient (Wildman–Crippen LogP) is 2.34. The number of pyridine rings is 1. The Kier molecular flexibility index (Phi) is 4.27. The number of aromatic nitrogens is 1. The minimum absolute atomic E-state index is 0.0855. The molecule has 0 unspecified atom stereocenters. The van der Waals surface area contributed by atoms with E-state index < -0.39 is 10.0 Å². The van der Waals surface area contributed by atoms with Crippen molar-refractivity contribution >= 4 is 27.4 Å². The molecule has 5 nitrogen and oxygen atoms in total. The van der Waals surface area contributed by atoms with Gasteiger partial charge >= 0.3 is 0 Å². The summed E-state index contributed by atoms with van der Waals surface area (Å²) in [4.78, 5) is 3.98. The van der Waals surface area contributed by atoms with Gasteiger partial charge in [0.15, 0.2) is 0 Å². The Morgan fingerprint density at radius 2 is 2.05 bits per heavy atom. The Balaban J connectivity index is 2.40. The maximum Gasteiger partial charge on any atom is 0.264 e. The third-order valence-electron chi connectivity index (χ3n) is 2.59. The van der Waals surface area contributed by atoms with Gasteiger partial charge in [0.2, 0.25) is 0 Å². The van der Waals surface area contributed by atoms with Gasteiger partial charge in [0.1, 0.15) is 10.7 Å². The van der Waals surface area contributed by atoms with E-state index in [1.807, 2.05) is 0 Å².